The maximum absolute atomic E-state index is 12.7. The van der Waals surface area contributed by atoms with Gasteiger partial charge >= 0.3 is 6.09 Å². The number of nitriles is 1. The summed E-state index contributed by atoms with van der Waals surface area (Å²) in [4.78, 5) is 25.4. The number of carbonyl (C=O) groups excluding carboxylic acids is 2. The number of ether oxygens (including phenoxy) is 3. The van der Waals surface area contributed by atoms with Gasteiger partial charge in [-0.15, -0.1) is 0 Å². The van der Waals surface area contributed by atoms with Gasteiger partial charge in [-0.2, -0.15) is 5.26 Å². The van der Waals surface area contributed by atoms with Crippen LogP contribution >= 0.6 is 0 Å². The number of hydrogen-bond acceptors (Lipinski definition) is 6. The van der Waals surface area contributed by atoms with Crippen molar-refractivity contribution in [2.45, 2.75) is 64.8 Å². The number of rotatable bonds is 4. The van der Waals surface area contributed by atoms with Gasteiger partial charge in [0.15, 0.2) is 0 Å². The van der Waals surface area contributed by atoms with Crippen molar-refractivity contribution in [3.8, 4) is 11.8 Å². The van der Waals surface area contributed by atoms with E-state index in [-0.39, 0.29) is 18.6 Å². The number of benzene rings is 1. The first kappa shape index (κ1) is 21.1. The summed E-state index contributed by atoms with van der Waals surface area (Å²) in [5, 5.41) is 9.47. The van der Waals surface area contributed by atoms with E-state index < -0.39 is 17.4 Å². The minimum atomic E-state index is -0.802. The zero-order valence-electron chi connectivity index (χ0n) is 17.7. The van der Waals surface area contributed by atoms with Crippen molar-refractivity contribution >= 4 is 12.4 Å². The number of fused-ring (bicyclic) bond motifs is 1. The average Bonchev–Trinajstić information content (AvgIpc) is 3.17. The molecule has 156 valence electrons. The summed E-state index contributed by atoms with van der Waals surface area (Å²) < 4.78 is 17.3. The molecule has 1 aromatic rings. The lowest BCUT2D eigenvalue weighted by molar-refractivity contribution is -0.110. The van der Waals surface area contributed by atoms with E-state index in [2.05, 4.69) is 6.07 Å². The van der Waals surface area contributed by atoms with Gasteiger partial charge in [-0.1, -0.05) is 0 Å². The molecule has 0 saturated carbocycles. The molecule has 1 saturated heterocycles. The van der Waals surface area contributed by atoms with Crippen molar-refractivity contribution in [3.05, 3.63) is 28.8 Å². The predicted molar refractivity (Wildman–Crippen MR) is 106 cm³/mol. The molecule has 1 fully saturated rings. The lowest BCUT2D eigenvalue weighted by atomic mass is 10.0. The first-order valence-electron chi connectivity index (χ1n) is 9.84. The average molecular weight is 400 g/mol. The van der Waals surface area contributed by atoms with Crippen LogP contribution in [0, 0.1) is 17.2 Å². The summed E-state index contributed by atoms with van der Waals surface area (Å²) in [6.07, 6.45) is 1.71. The van der Waals surface area contributed by atoms with E-state index >= 15 is 0 Å². The molecule has 29 heavy (non-hydrogen) atoms. The van der Waals surface area contributed by atoms with Crippen molar-refractivity contribution in [1.82, 2.24) is 4.90 Å². The summed E-state index contributed by atoms with van der Waals surface area (Å²) in [5.41, 5.74) is 1.02. The molecular weight excluding hydrogens is 372 g/mol. The van der Waals surface area contributed by atoms with E-state index in [1.807, 2.05) is 40.7 Å². The predicted octanol–water partition coefficient (Wildman–Crippen LogP) is 3.22. The quantitative estimate of drug-likeness (QED) is 0.721. The summed E-state index contributed by atoms with van der Waals surface area (Å²) in [5.74, 6) is 0.472. The lowest BCUT2D eigenvalue weighted by Gasteiger charge is -2.35. The number of hydrogen-bond donors (Lipinski definition) is 0. The number of aldehydes is 1. The largest absolute Gasteiger partial charge is 0.491 e. The number of carbonyl (C=O) groups is 2. The third-order valence-electron chi connectivity index (χ3n) is 5.18. The number of nitrogens with zero attached hydrogens (tertiary/aromatic N) is 2. The van der Waals surface area contributed by atoms with Gasteiger partial charge in [-0.05, 0) is 70.7 Å². The Morgan fingerprint density at radius 2 is 2.10 bits per heavy atom. The maximum atomic E-state index is 12.7. The van der Waals surface area contributed by atoms with Crippen LogP contribution in [0.2, 0.25) is 0 Å². The molecule has 7 heteroatoms. The van der Waals surface area contributed by atoms with Gasteiger partial charge in [0.1, 0.15) is 30.0 Å². The van der Waals surface area contributed by atoms with E-state index in [1.165, 1.54) is 0 Å². The molecule has 7 nitrogen and oxygen atoms in total. The topological polar surface area (TPSA) is 88.9 Å². The molecule has 1 aromatic carbocycles. The summed E-state index contributed by atoms with van der Waals surface area (Å²) in [7, 11) is 0. The molecule has 0 spiro atoms. The summed E-state index contributed by atoms with van der Waals surface area (Å²) in [6.45, 7) is 9.64. The van der Waals surface area contributed by atoms with Crippen molar-refractivity contribution in [2.24, 2.45) is 5.92 Å². The third-order valence-corrected chi connectivity index (χ3v) is 5.18. The molecule has 0 aromatic heterocycles. The molecule has 0 radical (unpaired) electrons. The van der Waals surface area contributed by atoms with Crippen LogP contribution in [0.3, 0.4) is 0 Å². The van der Waals surface area contributed by atoms with Crippen molar-refractivity contribution in [1.29, 1.82) is 5.26 Å². The van der Waals surface area contributed by atoms with Gasteiger partial charge in [-0.3, -0.25) is 4.90 Å². The lowest BCUT2D eigenvalue weighted by Crippen LogP contribution is -2.51. The van der Waals surface area contributed by atoms with Crippen LogP contribution in [0.15, 0.2) is 12.1 Å². The summed E-state index contributed by atoms with van der Waals surface area (Å²) in [6, 6.07) is 5.47. The fourth-order valence-electron chi connectivity index (χ4n) is 3.90. The van der Waals surface area contributed by atoms with Gasteiger partial charge in [0.2, 0.25) is 0 Å². The van der Waals surface area contributed by atoms with E-state index in [1.54, 1.807) is 11.0 Å². The number of amides is 1. The Bertz CT molecular complexity index is 850. The maximum Gasteiger partial charge on any atom is 0.413 e. The standard InChI is InChI=1S/C22H28N2O5/c1-21(2,3)29-20(26)24-17(13-28-22(24,4)5)12-27-18-8-15-6-14(11-25)7-19(15)16(9-18)10-23/h8-9,11,14,17H,6-7,12-13H2,1-5H3/t14?,17-/m1/s1. The van der Waals surface area contributed by atoms with Crippen LogP contribution in [-0.2, 0) is 27.1 Å². The molecule has 1 amide bonds. The Kier molecular flexibility index (Phi) is 5.59. The molecule has 1 heterocycles. The Hall–Kier alpha value is -2.59. The van der Waals surface area contributed by atoms with Crippen molar-refractivity contribution in [3.63, 3.8) is 0 Å². The molecule has 0 N–H and O–H groups in total. The van der Waals surface area contributed by atoms with Gasteiger partial charge in [0.25, 0.3) is 0 Å². The van der Waals surface area contributed by atoms with Gasteiger partial charge < -0.3 is 19.0 Å². The zero-order valence-corrected chi connectivity index (χ0v) is 17.7. The zero-order chi connectivity index (χ0) is 21.4. The highest BCUT2D eigenvalue weighted by Crippen LogP contribution is 2.33. The molecule has 3 rings (SSSR count). The van der Waals surface area contributed by atoms with Crippen LogP contribution in [0.5, 0.6) is 5.75 Å². The van der Waals surface area contributed by atoms with Crippen molar-refractivity contribution < 1.29 is 23.8 Å². The minimum absolute atomic E-state index is 0.0842. The molecule has 1 aliphatic carbocycles. The van der Waals surface area contributed by atoms with Gasteiger partial charge in [0.05, 0.1) is 24.3 Å². The highest BCUT2D eigenvalue weighted by Gasteiger charge is 2.46. The highest BCUT2D eigenvalue weighted by molar-refractivity contribution is 5.69. The van der Waals surface area contributed by atoms with Crippen LogP contribution in [0.4, 0.5) is 4.79 Å². The monoisotopic (exact) mass is 400 g/mol. The Morgan fingerprint density at radius 3 is 2.72 bits per heavy atom. The Balaban J connectivity index is 1.75. The molecule has 1 aliphatic heterocycles. The molecule has 2 atom stereocenters. The van der Waals surface area contributed by atoms with Crippen LogP contribution in [0.1, 0.15) is 51.3 Å². The third kappa shape index (κ3) is 4.54. The second kappa shape index (κ2) is 7.68. The fraction of sp³-hybridized carbons (Fsp3) is 0.591. The van der Waals surface area contributed by atoms with E-state index in [0.29, 0.717) is 30.8 Å². The van der Waals surface area contributed by atoms with Crippen molar-refractivity contribution in [2.75, 3.05) is 13.2 Å². The molecule has 0 bridgehead atoms. The van der Waals surface area contributed by atoms with Crippen LogP contribution in [0.25, 0.3) is 0 Å². The van der Waals surface area contributed by atoms with E-state index in [0.717, 1.165) is 17.4 Å². The summed E-state index contributed by atoms with van der Waals surface area (Å²) >= 11 is 0. The molecule has 1 unspecified atom stereocenters. The first-order chi connectivity index (χ1) is 13.5. The van der Waals surface area contributed by atoms with Crippen LogP contribution in [-0.4, -0.2) is 47.9 Å². The normalized spacial score (nSPS) is 22.7. The first-order valence-corrected chi connectivity index (χ1v) is 9.84. The van der Waals surface area contributed by atoms with Gasteiger partial charge in [0, 0.05) is 5.92 Å². The van der Waals surface area contributed by atoms with E-state index in [9.17, 15) is 14.9 Å². The Labute approximate surface area is 171 Å². The highest BCUT2D eigenvalue weighted by atomic mass is 16.6. The second-order valence-electron chi connectivity index (χ2n) is 9.10. The van der Waals surface area contributed by atoms with Gasteiger partial charge in [-0.25, -0.2) is 4.79 Å². The van der Waals surface area contributed by atoms with Crippen LogP contribution < -0.4 is 4.74 Å². The smallest absolute Gasteiger partial charge is 0.413 e. The Morgan fingerprint density at radius 1 is 1.38 bits per heavy atom. The molecular formula is C22H28N2O5. The minimum Gasteiger partial charge on any atom is -0.491 e. The van der Waals surface area contributed by atoms with E-state index in [4.69, 9.17) is 14.2 Å². The fourth-order valence-corrected chi connectivity index (χ4v) is 3.90. The second-order valence-corrected chi connectivity index (χ2v) is 9.10. The SMILES string of the molecule is CC(C)(C)OC(=O)N1[C@H](COc2cc(C#N)c3c(c2)CC(C=O)C3)COC1(C)C. The molecule has 2 aliphatic rings.